The average molecular weight is 455 g/mol. The van der Waals surface area contributed by atoms with E-state index in [0.29, 0.717) is 29.8 Å². The summed E-state index contributed by atoms with van der Waals surface area (Å²) in [5.41, 5.74) is 3.76. The molecule has 2 unspecified atom stereocenters. The highest BCUT2D eigenvalue weighted by atomic mass is 32.2. The Balaban J connectivity index is 1.46. The maximum absolute atomic E-state index is 12.8. The third-order valence-electron chi connectivity index (χ3n) is 5.53. The number of fused-ring (bicyclic) bond motifs is 1. The summed E-state index contributed by atoms with van der Waals surface area (Å²) in [5, 5.41) is 6.31. The molecule has 1 aromatic carbocycles. The summed E-state index contributed by atoms with van der Waals surface area (Å²) < 4.78 is 10.9. The third kappa shape index (κ3) is 4.78. The number of carbonyl (C=O) groups is 2. The lowest BCUT2D eigenvalue weighted by atomic mass is 9.94. The summed E-state index contributed by atoms with van der Waals surface area (Å²) in [6, 6.07) is 6.77. The molecule has 1 aromatic rings. The number of nitrogens with zero attached hydrogens (tertiary/aromatic N) is 2. The highest BCUT2D eigenvalue weighted by Crippen LogP contribution is 2.39. The maximum Gasteiger partial charge on any atom is 0.257 e. The molecule has 3 atom stereocenters. The highest BCUT2D eigenvalue weighted by molar-refractivity contribution is 8.15. The molecule has 0 spiro atoms. The Morgan fingerprint density at radius 2 is 2.06 bits per heavy atom. The number of methoxy groups -OCH3 is 1. The van der Waals surface area contributed by atoms with Crippen molar-refractivity contribution in [1.29, 1.82) is 0 Å². The molecular formula is C23H26N4O4S. The number of amides is 2. The first-order valence-corrected chi connectivity index (χ1v) is 11.4. The number of aliphatic imine (C=N–C) groups is 2. The van der Waals surface area contributed by atoms with Gasteiger partial charge in [0.1, 0.15) is 6.04 Å². The Morgan fingerprint density at radius 3 is 2.72 bits per heavy atom. The first-order chi connectivity index (χ1) is 15.5. The molecule has 32 heavy (non-hydrogen) atoms. The van der Waals surface area contributed by atoms with Crippen molar-refractivity contribution in [3.05, 3.63) is 58.8 Å². The Bertz CT molecular complexity index is 1030. The van der Waals surface area contributed by atoms with E-state index in [4.69, 9.17) is 14.5 Å². The number of ether oxygens (including phenoxy) is 2. The summed E-state index contributed by atoms with van der Waals surface area (Å²) in [4.78, 5) is 33.2. The normalized spacial score (nSPS) is 23.1. The van der Waals surface area contributed by atoms with Crippen LogP contribution in [0.25, 0.3) is 0 Å². The van der Waals surface area contributed by atoms with E-state index in [1.165, 1.54) is 24.3 Å². The van der Waals surface area contributed by atoms with Crippen molar-refractivity contribution >= 4 is 34.6 Å². The smallest absolute Gasteiger partial charge is 0.257 e. The lowest BCUT2D eigenvalue weighted by Gasteiger charge is -2.26. The van der Waals surface area contributed by atoms with E-state index in [9.17, 15) is 9.59 Å². The van der Waals surface area contributed by atoms with Crippen molar-refractivity contribution in [2.45, 2.75) is 37.6 Å². The zero-order valence-corrected chi connectivity index (χ0v) is 19.1. The van der Waals surface area contributed by atoms with Crippen LogP contribution >= 0.6 is 11.8 Å². The Labute approximate surface area is 191 Å². The fourth-order valence-electron chi connectivity index (χ4n) is 3.88. The molecule has 2 amide bonds. The fourth-order valence-corrected chi connectivity index (χ4v) is 5.09. The number of benzene rings is 1. The van der Waals surface area contributed by atoms with E-state index >= 15 is 0 Å². The Morgan fingerprint density at radius 1 is 1.28 bits per heavy atom. The molecule has 0 aromatic heterocycles. The summed E-state index contributed by atoms with van der Waals surface area (Å²) in [5.74, 6) is 0.209. The second-order valence-corrected chi connectivity index (χ2v) is 8.86. The summed E-state index contributed by atoms with van der Waals surface area (Å²) in [7, 11) is 1.59. The van der Waals surface area contributed by atoms with Crippen LogP contribution in [-0.4, -0.2) is 54.5 Å². The number of carbonyl (C=O) groups excluding carboxylic acids is 2. The number of thioether (sulfide) groups is 1. The van der Waals surface area contributed by atoms with Crippen LogP contribution in [-0.2, 0) is 14.3 Å². The second-order valence-electron chi connectivity index (χ2n) is 7.73. The fraction of sp³-hybridized carbons (Fsp3) is 0.391. The Hall–Kier alpha value is -2.91. The molecule has 2 N–H and O–H groups in total. The van der Waals surface area contributed by atoms with Crippen molar-refractivity contribution in [2.75, 3.05) is 20.3 Å². The molecule has 0 radical (unpaired) electrons. The topological polar surface area (TPSA) is 101 Å². The van der Waals surface area contributed by atoms with Crippen molar-refractivity contribution in [3.8, 4) is 0 Å². The van der Waals surface area contributed by atoms with Crippen LogP contribution in [0.1, 0.15) is 42.2 Å². The summed E-state index contributed by atoms with van der Waals surface area (Å²) in [6.07, 6.45) is 4.76. The molecule has 0 aliphatic carbocycles. The van der Waals surface area contributed by atoms with Crippen molar-refractivity contribution in [3.63, 3.8) is 0 Å². The van der Waals surface area contributed by atoms with Crippen LogP contribution in [0.2, 0.25) is 0 Å². The van der Waals surface area contributed by atoms with Crippen LogP contribution in [0.3, 0.4) is 0 Å². The van der Waals surface area contributed by atoms with Crippen molar-refractivity contribution in [1.82, 2.24) is 10.6 Å². The van der Waals surface area contributed by atoms with Crippen molar-refractivity contribution < 1.29 is 19.1 Å². The maximum atomic E-state index is 12.8. The molecule has 8 nitrogen and oxygen atoms in total. The van der Waals surface area contributed by atoms with E-state index in [1.54, 1.807) is 19.2 Å². The SMILES string of the molecule is COC1=NC=C(C2=CCOCC2)C2SC(NC(=O)c3ccc([C@@H](C)NC(C)=O)cc3)=NC12. The molecular weight excluding hydrogens is 428 g/mol. The van der Waals surface area contributed by atoms with Gasteiger partial charge in [0.15, 0.2) is 5.17 Å². The van der Waals surface area contributed by atoms with Gasteiger partial charge in [-0.25, -0.2) is 9.98 Å². The predicted molar refractivity (Wildman–Crippen MR) is 125 cm³/mol. The molecule has 0 saturated heterocycles. The predicted octanol–water partition coefficient (Wildman–Crippen LogP) is 2.74. The molecule has 0 saturated carbocycles. The van der Waals surface area contributed by atoms with Gasteiger partial charge in [-0.2, -0.15) is 0 Å². The van der Waals surface area contributed by atoms with Gasteiger partial charge in [0.2, 0.25) is 11.8 Å². The number of rotatable bonds is 4. The van der Waals surface area contributed by atoms with Crippen molar-refractivity contribution in [2.24, 2.45) is 9.98 Å². The van der Waals surface area contributed by atoms with Crippen LogP contribution in [0.5, 0.6) is 0 Å². The number of hydrogen-bond acceptors (Lipinski definition) is 7. The van der Waals surface area contributed by atoms with Crippen LogP contribution in [0, 0.1) is 0 Å². The van der Waals surface area contributed by atoms with Gasteiger partial charge in [-0.1, -0.05) is 30.0 Å². The van der Waals surface area contributed by atoms with Gasteiger partial charge in [-0.15, -0.1) is 0 Å². The lowest BCUT2D eigenvalue weighted by molar-refractivity contribution is -0.119. The van der Waals surface area contributed by atoms with Crippen LogP contribution in [0.4, 0.5) is 0 Å². The van der Waals surface area contributed by atoms with E-state index < -0.39 is 0 Å². The van der Waals surface area contributed by atoms with Gasteiger partial charge in [0.05, 0.1) is 31.6 Å². The molecule has 9 heteroatoms. The van der Waals surface area contributed by atoms with Gasteiger partial charge < -0.3 is 20.1 Å². The summed E-state index contributed by atoms with van der Waals surface area (Å²) in [6.45, 7) is 4.66. The zero-order valence-electron chi connectivity index (χ0n) is 18.3. The highest BCUT2D eigenvalue weighted by Gasteiger charge is 2.41. The van der Waals surface area contributed by atoms with Crippen LogP contribution < -0.4 is 10.6 Å². The Kier molecular flexibility index (Phi) is 6.76. The van der Waals surface area contributed by atoms with E-state index in [-0.39, 0.29) is 29.1 Å². The third-order valence-corrected chi connectivity index (χ3v) is 6.72. The summed E-state index contributed by atoms with van der Waals surface area (Å²) >= 11 is 1.51. The number of nitrogens with one attached hydrogen (secondary N) is 2. The average Bonchev–Trinajstić information content (AvgIpc) is 3.22. The van der Waals surface area contributed by atoms with Gasteiger partial charge in [0, 0.05) is 18.7 Å². The molecule has 0 fully saturated rings. The lowest BCUT2D eigenvalue weighted by Crippen LogP contribution is -2.33. The van der Waals surface area contributed by atoms with Gasteiger partial charge in [-0.3, -0.25) is 9.59 Å². The van der Waals surface area contributed by atoms with E-state index in [2.05, 4.69) is 21.7 Å². The molecule has 0 bridgehead atoms. The van der Waals surface area contributed by atoms with Crippen LogP contribution in [0.15, 0.2) is 57.7 Å². The molecule has 3 aliphatic heterocycles. The van der Waals surface area contributed by atoms with E-state index in [0.717, 1.165) is 17.6 Å². The largest absolute Gasteiger partial charge is 0.482 e. The standard InChI is InChI=1S/C23H26N4O4S/c1-13(25-14(2)28)15-4-6-17(7-5-15)21(29)27-23-26-19-20(32-23)18(12-24-22(19)30-3)16-8-10-31-11-9-16/h4-8,12-13,19-20H,9-11H2,1-3H3,(H,25,28)(H,26,27,29)/t13-,19?,20?/m1/s1. The second kappa shape index (κ2) is 9.70. The quantitative estimate of drug-likeness (QED) is 0.729. The molecule has 4 rings (SSSR count). The zero-order chi connectivity index (χ0) is 22.7. The van der Waals surface area contributed by atoms with E-state index in [1.807, 2.05) is 25.3 Å². The number of hydrogen-bond donors (Lipinski definition) is 2. The minimum atomic E-state index is -0.273. The van der Waals surface area contributed by atoms with Gasteiger partial charge in [-0.05, 0) is 42.2 Å². The monoisotopic (exact) mass is 454 g/mol. The first-order valence-electron chi connectivity index (χ1n) is 10.5. The van der Waals surface area contributed by atoms with Gasteiger partial charge >= 0.3 is 0 Å². The molecule has 3 heterocycles. The minimum absolute atomic E-state index is 0.00276. The molecule has 168 valence electrons. The molecule has 3 aliphatic rings. The number of amidine groups is 1. The minimum Gasteiger partial charge on any atom is -0.482 e. The first kappa shape index (κ1) is 22.3. The van der Waals surface area contributed by atoms with Gasteiger partial charge in [0.25, 0.3) is 5.91 Å².